The van der Waals surface area contributed by atoms with Crippen molar-refractivity contribution in [3.05, 3.63) is 23.8 Å². The molecule has 0 unspecified atom stereocenters. The van der Waals surface area contributed by atoms with Crippen molar-refractivity contribution in [2.24, 2.45) is 0 Å². The molecule has 0 spiro atoms. The molecule has 0 saturated heterocycles. The van der Waals surface area contributed by atoms with Crippen LogP contribution in [0.1, 0.15) is 34.8 Å². The predicted octanol–water partition coefficient (Wildman–Crippen LogP) is 0.830. The van der Waals surface area contributed by atoms with Crippen LogP contribution >= 0.6 is 0 Å². The van der Waals surface area contributed by atoms with E-state index in [1.165, 1.54) is 12.4 Å². The maximum Gasteiger partial charge on any atom is 0.376 e. The van der Waals surface area contributed by atoms with Crippen LogP contribution in [0.4, 0.5) is 0 Å². The van der Waals surface area contributed by atoms with Gasteiger partial charge in [0.25, 0.3) is 0 Å². The summed E-state index contributed by atoms with van der Waals surface area (Å²) >= 11 is 0. The molecule has 1 heterocycles. The second kappa shape index (κ2) is 5.79. The van der Waals surface area contributed by atoms with E-state index < -0.39 is 11.9 Å². The van der Waals surface area contributed by atoms with E-state index in [0.717, 1.165) is 0 Å². The van der Waals surface area contributed by atoms with Gasteiger partial charge >= 0.3 is 11.9 Å². The first kappa shape index (κ1) is 12.1. The second-order valence-corrected chi connectivity index (χ2v) is 2.74. The largest absolute Gasteiger partial charge is 0.462 e. The van der Waals surface area contributed by atoms with Crippen molar-refractivity contribution >= 4 is 11.9 Å². The molecule has 0 amide bonds. The quantitative estimate of drug-likeness (QED) is 0.705. The first-order valence-electron chi connectivity index (χ1n) is 4.85. The lowest BCUT2D eigenvalue weighted by Crippen LogP contribution is -2.12. The maximum absolute atomic E-state index is 11.2. The summed E-state index contributed by atoms with van der Waals surface area (Å²) in [5, 5.41) is 0. The molecule has 0 radical (unpaired) electrons. The van der Waals surface area contributed by atoms with E-state index in [4.69, 9.17) is 9.47 Å². The van der Waals surface area contributed by atoms with E-state index in [0.29, 0.717) is 0 Å². The van der Waals surface area contributed by atoms with E-state index in [-0.39, 0.29) is 24.6 Å². The van der Waals surface area contributed by atoms with Gasteiger partial charge in [0, 0.05) is 12.4 Å². The Labute approximate surface area is 92.6 Å². The molecule has 0 aliphatic carbocycles. The van der Waals surface area contributed by atoms with Gasteiger partial charge in [0.2, 0.25) is 5.82 Å². The van der Waals surface area contributed by atoms with Gasteiger partial charge in [0.1, 0.15) is 0 Å². The van der Waals surface area contributed by atoms with Crippen molar-refractivity contribution in [2.45, 2.75) is 13.8 Å². The molecular formula is C10H12N2O4. The molecule has 16 heavy (non-hydrogen) atoms. The van der Waals surface area contributed by atoms with E-state index in [1.54, 1.807) is 13.8 Å². The highest BCUT2D eigenvalue weighted by Crippen LogP contribution is 2.00. The van der Waals surface area contributed by atoms with Crippen LogP contribution in [-0.2, 0) is 9.47 Å². The zero-order valence-electron chi connectivity index (χ0n) is 9.10. The number of carbonyl (C=O) groups is 2. The van der Waals surface area contributed by atoms with E-state index in [9.17, 15) is 9.59 Å². The van der Waals surface area contributed by atoms with Gasteiger partial charge < -0.3 is 9.47 Å². The van der Waals surface area contributed by atoms with Gasteiger partial charge in [-0.25, -0.2) is 19.6 Å². The Morgan fingerprint density at radius 1 is 1.06 bits per heavy atom. The van der Waals surface area contributed by atoms with Crippen LogP contribution in [0.25, 0.3) is 0 Å². The van der Waals surface area contributed by atoms with Gasteiger partial charge in [0.15, 0.2) is 0 Å². The molecular weight excluding hydrogens is 212 g/mol. The zero-order chi connectivity index (χ0) is 12.0. The summed E-state index contributed by atoms with van der Waals surface area (Å²) in [6.07, 6.45) is 2.47. The van der Waals surface area contributed by atoms with Crippen molar-refractivity contribution in [3.8, 4) is 0 Å². The first-order valence-corrected chi connectivity index (χ1v) is 4.85. The van der Waals surface area contributed by atoms with Gasteiger partial charge in [-0.2, -0.15) is 0 Å². The maximum atomic E-state index is 11.2. The summed E-state index contributed by atoms with van der Waals surface area (Å²) in [4.78, 5) is 29.8. The monoisotopic (exact) mass is 224 g/mol. The van der Waals surface area contributed by atoms with Crippen LogP contribution in [0.2, 0.25) is 0 Å². The minimum absolute atomic E-state index is 0.0742. The van der Waals surface area contributed by atoms with Gasteiger partial charge in [-0.15, -0.1) is 0 Å². The number of hydrogen-bond donors (Lipinski definition) is 0. The lowest BCUT2D eigenvalue weighted by Gasteiger charge is -2.02. The average Bonchev–Trinajstić information content (AvgIpc) is 2.30. The summed E-state index contributed by atoms with van der Waals surface area (Å²) in [6, 6.07) is 0. The first-order chi connectivity index (χ1) is 7.69. The number of carbonyl (C=O) groups excluding carboxylic acids is 2. The fourth-order valence-corrected chi connectivity index (χ4v) is 0.949. The fourth-order valence-electron chi connectivity index (χ4n) is 0.949. The predicted molar refractivity (Wildman–Crippen MR) is 53.9 cm³/mol. The number of aromatic nitrogens is 2. The highest BCUT2D eigenvalue weighted by atomic mass is 16.5. The van der Waals surface area contributed by atoms with Gasteiger partial charge in [-0.3, -0.25) is 0 Å². The smallest absolute Gasteiger partial charge is 0.376 e. The molecule has 0 N–H and O–H groups in total. The van der Waals surface area contributed by atoms with Crippen LogP contribution < -0.4 is 0 Å². The molecule has 0 atom stereocenters. The Balaban J connectivity index is 2.75. The third-order valence-corrected chi connectivity index (χ3v) is 1.62. The Hall–Kier alpha value is -1.98. The van der Waals surface area contributed by atoms with Gasteiger partial charge in [-0.1, -0.05) is 0 Å². The highest BCUT2D eigenvalue weighted by molar-refractivity contribution is 5.90. The molecule has 0 aromatic carbocycles. The minimum Gasteiger partial charge on any atom is -0.462 e. The topological polar surface area (TPSA) is 78.4 Å². The van der Waals surface area contributed by atoms with Crippen molar-refractivity contribution in [2.75, 3.05) is 13.2 Å². The SMILES string of the molecule is CCOC(=O)c1cnc(C(=O)OCC)nc1. The molecule has 1 aromatic rings. The van der Waals surface area contributed by atoms with Crippen LogP contribution in [0.3, 0.4) is 0 Å². The van der Waals surface area contributed by atoms with E-state index in [2.05, 4.69) is 9.97 Å². The minimum atomic E-state index is -0.613. The molecule has 86 valence electrons. The van der Waals surface area contributed by atoms with Crippen LogP contribution in [0, 0.1) is 0 Å². The molecule has 0 bridgehead atoms. The average molecular weight is 224 g/mol. The molecule has 0 saturated carbocycles. The molecule has 6 nitrogen and oxygen atoms in total. The van der Waals surface area contributed by atoms with Crippen LogP contribution in [0.5, 0.6) is 0 Å². The highest BCUT2D eigenvalue weighted by Gasteiger charge is 2.12. The summed E-state index contributed by atoms with van der Waals surface area (Å²) < 4.78 is 9.44. The summed E-state index contributed by atoms with van der Waals surface area (Å²) in [6.45, 7) is 3.91. The zero-order valence-corrected chi connectivity index (χ0v) is 9.10. The van der Waals surface area contributed by atoms with Crippen molar-refractivity contribution < 1.29 is 19.1 Å². The lowest BCUT2D eigenvalue weighted by molar-refractivity contribution is 0.0498. The molecule has 6 heteroatoms. The lowest BCUT2D eigenvalue weighted by atomic mass is 10.3. The van der Waals surface area contributed by atoms with Gasteiger partial charge in [0.05, 0.1) is 18.8 Å². The van der Waals surface area contributed by atoms with Crippen molar-refractivity contribution in [1.82, 2.24) is 9.97 Å². The Morgan fingerprint density at radius 2 is 1.56 bits per heavy atom. The summed E-state index contributed by atoms with van der Waals surface area (Å²) in [5.41, 5.74) is 0.204. The molecule has 0 aliphatic heterocycles. The normalized spacial score (nSPS) is 9.62. The van der Waals surface area contributed by atoms with Crippen molar-refractivity contribution in [1.29, 1.82) is 0 Å². The fraction of sp³-hybridized carbons (Fsp3) is 0.400. The van der Waals surface area contributed by atoms with Gasteiger partial charge in [-0.05, 0) is 13.8 Å². The molecule has 0 fully saturated rings. The second-order valence-electron chi connectivity index (χ2n) is 2.74. The Morgan fingerprint density at radius 3 is 2.06 bits per heavy atom. The number of hydrogen-bond acceptors (Lipinski definition) is 6. The standard InChI is InChI=1S/C10H12N2O4/c1-3-15-9(13)7-5-11-8(12-6-7)10(14)16-4-2/h5-6H,3-4H2,1-2H3. The number of nitrogens with zero attached hydrogens (tertiary/aromatic N) is 2. The van der Waals surface area contributed by atoms with E-state index >= 15 is 0 Å². The summed E-state index contributed by atoms with van der Waals surface area (Å²) in [5.74, 6) is -1.20. The number of rotatable bonds is 4. The third-order valence-electron chi connectivity index (χ3n) is 1.62. The Kier molecular flexibility index (Phi) is 4.38. The third kappa shape index (κ3) is 3.01. The molecule has 1 aromatic heterocycles. The number of ether oxygens (including phenoxy) is 2. The van der Waals surface area contributed by atoms with Crippen molar-refractivity contribution in [3.63, 3.8) is 0 Å². The van der Waals surface area contributed by atoms with Crippen LogP contribution in [0.15, 0.2) is 12.4 Å². The van der Waals surface area contributed by atoms with Crippen LogP contribution in [-0.4, -0.2) is 35.1 Å². The Bertz CT molecular complexity index is 338. The summed E-state index contributed by atoms with van der Waals surface area (Å²) in [7, 11) is 0. The molecule has 0 aliphatic rings. The molecule has 1 rings (SSSR count). The number of esters is 2. The van der Waals surface area contributed by atoms with E-state index in [1.807, 2.05) is 0 Å².